The van der Waals surface area contributed by atoms with E-state index in [1.807, 2.05) is 0 Å². The number of halogens is 2. The summed E-state index contributed by atoms with van der Waals surface area (Å²) in [5.41, 5.74) is -1.75. The molecule has 8 fully saturated rings. The highest BCUT2D eigenvalue weighted by Gasteiger charge is 2.59. The molecule has 8 saturated carbocycles. The van der Waals surface area contributed by atoms with Crippen molar-refractivity contribution in [3.8, 4) is 0 Å². The van der Waals surface area contributed by atoms with Gasteiger partial charge in [0.25, 0.3) is 0 Å². The van der Waals surface area contributed by atoms with Crippen molar-refractivity contribution in [3.63, 3.8) is 0 Å². The number of ether oxygens (including phenoxy) is 5. The SMILES string of the molecule is O=C(CCC(OC(=O)C(F)(F)S(=O)(=O)O)C(=O)OCC(=O)OC12CC3CC(C1)C(=O)C(C3)C2)OCC(=O)OC12CC3CC(C1)C(=O)C(C3)C2. The van der Waals surface area contributed by atoms with Gasteiger partial charge in [0.1, 0.15) is 22.8 Å². The molecule has 0 spiro atoms. The topological polar surface area (TPSA) is 220 Å². The van der Waals surface area contributed by atoms with Gasteiger partial charge < -0.3 is 23.7 Å². The fourth-order valence-corrected chi connectivity index (χ4v) is 9.61. The molecule has 5 atom stereocenters. The average Bonchev–Trinajstić information content (AvgIpc) is 3.00. The first-order chi connectivity index (χ1) is 22.9. The van der Waals surface area contributed by atoms with Crippen molar-refractivity contribution in [3.05, 3.63) is 0 Å². The summed E-state index contributed by atoms with van der Waals surface area (Å²) in [4.78, 5) is 87.1. The Labute approximate surface area is 278 Å². The molecule has 8 aliphatic carbocycles. The zero-order valence-electron chi connectivity index (χ0n) is 26.3. The first-order valence-corrected chi connectivity index (χ1v) is 17.7. The number of rotatable bonds is 13. The summed E-state index contributed by atoms with van der Waals surface area (Å²) in [6.45, 7) is -1.92. The van der Waals surface area contributed by atoms with Crippen LogP contribution in [0.15, 0.2) is 0 Å². The van der Waals surface area contributed by atoms with Gasteiger partial charge in [-0.3, -0.25) is 18.9 Å². The van der Waals surface area contributed by atoms with Crippen LogP contribution in [0.3, 0.4) is 0 Å². The second kappa shape index (κ2) is 12.7. The number of alkyl halides is 2. The third-order valence-electron chi connectivity index (χ3n) is 10.9. The molecular weight excluding hydrogens is 682 g/mol. The van der Waals surface area contributed by atoms with Crippen LogP contribution in [-0.4, -0.2) is 90.2 Å². The van der Waals surface area contributed by atoms with Gasteiger partial charge in [-0.25, -0.2) is 19.2 Å². The maximum atomic E-state index is 13.9. The molecule has 1 N–H and O–H groups in total. The molecule has 0 aromatic rings. The fraction of sp³-hybridized carbons (Fsp3) is 0.774. The molecule has 0 radical (unpaired) electrons. The van der Waals surface area contributed by atoms with E-state index in [9.17, 15) is 50.8 Å². The Morgan fingerprint density at radius 1 is 0.735 bits per heavy atom. The lowest BCUT2D eigenvalue weighted by atomic mass is 9.53. The van der Waals surface area contributed by atoms with Crippen LogP contribution in [0.25, 0.3) is 0 Å². The summed E-state index contributed by atoms with van der Waals surface area (Å²) in [5.74, 6) is -7.64. The number of Topliss-reactive ketones (excluding diaryl/α,β-unsaturated/α-hetero) is 2. The molecule has 49 heavy (non-hydrogen) atoms. The summed E-state index contributed by atoms with van der Waals surface area (Å²) in [6.07, 6.45) is 1.31. The predicted octanol–water partition coefficient (Wildman–Crippen LogP) is 1.63. The van der Waals surface area contributed by atoms with Gasteiger partial charge >= 0.3 is 45.2 Å². The zero-order valence-corrected chi connectivity index (χ0v) is 27.1. The van der Waals surface area contributed by atoms with Gasteiger partial charge in [-0.15, -0.1) is 0 Å². The van der Waals surface area contributed by atoms with E-state index in [1.54, 1.807) is 0 Å². The maximum Gasteiger partial charge on any atom is 0.465 e. The van der Waals surface area contributed by atoms with Gasteiger partial charge in [-0.05, 0) is 76.0 Å². The Bertz CT molecular complexity index is 1540. The van der Waals surface area contributed by atoms with Crippen molar-refractivity contribution < 1.29 is 79.0 Å². The molecule has 0 aromatic carbocycles. The molecule has 15 nitrogen and oxygen atoms in total. The van der Waals surface area contributed by atoms with E-state index in [0.29, 0.717) is 51.4 Å². The lowest BCUT2D eigenvalue weighted by Gasteiger charge is -2.54. The molecule has 8 rings (SSSR count). The van der Waals surface area contributed by atoms with Crippen LogP contribution in [0.1, 0.15) is 77.0 Å². The fourth-order valence-electron chi connectivity index (χ4n) is 9.35. The molecule has 18 heteroatoms. The normalized spacial score (nSPS) is 34.7. The third-order valence-corrected chi connectivity index (χ3v) is 11.7. The first-order valence-electron chi connectivity index (χ1n) is 16.3. The van der Waals surface area contributed by atoms with E-state index in [1.165, 1.54) is 0 Å². The Kier molecular flexibility index (Phi) is 9.11. The van der Waals surface area contributed by atoms with Gasteiger partial charge in [-0.2, -0.15) is 17.2 Å². The summed E-state index contributed by atoms with van der Waals surface area (Å²) in [7, 11) is -6.32. The maximum absolute atomic E-state index is 13.9. The highest BCUT2D eigenvalue weighted by Crippen LogP contribution is 2.56. The largest absolute Gasteiger partial charge is 0.465 e. The lowest BCUT2D eigenvalue weighted by molar-refractivity contribution is -0.196. The highest BCUT2D eigenvalue weighted by atomic mass is 32.2. The van der Waals surface area contributed by atoms with E-state index in [2.05, 4.69) is 4.74 Å². The molecule has 0 heterocycles. The van der Waals surface area contributed by atoms with E-state index in [-0.39, 0.29) is 47.1 Å². The van der Waals surface area contributed by atoms with Crippen LogP contribution < -0.4 is 0 Å². The number of ketones is 2. The monoisotopic (exact) mass is 718 g/mol. The summed E-state index contributed by atoms with van der Waals surface area (Å²) in [5, 5.41) is -5.49. The molecule has 8 bridgehead atoms. The van der Waals surface area contributed by atoms with Crippen LogP contribution in [0.5, 0.6) is 0 Å². The Hall–Kier alpha value is -3.54. The Morgan fingerprint density at radius 3 is 1.59 bits per heavy atom. The first kappa shape index (κ1) is 35.3. The number of hydrogen-bond acceptors (Lipinski definition) is 14. The lowest BCUT2D eigenvalue weighted by Crippen LogP contribution is -2.57. The molecular formula is C31H36F2O15S. The number of esters is 5. The van der Waals surface area contributed by atoms with Crippen LogP contribution in [0.2, 0.25) is 0 Å². The van der Waals surface area contributed by atoms with Crippen molar-refractivity contribution in [2.24, 2.45) is 35.5 Å². The van der Waals surface area contributed by atoms with E-state index in [0.717, 1.165) is 12.8 Å². The van der Waals surface area contributed by atoms with Crippen molar-refractivity contribution in [2.45, 2.75) is 99.6 Å². The van der Waals surface area contributed by atoms with Gasteiger partial charge in [0.2, 0.25) is 0 Å². The molecule has 5 unspecified atom stereocenters. The average molecular weight is 719 g/mol. The molecule has 0 saturated heterocycles. The highest BCUT2D eigenvalue weighted by molar-refractivity contribution is 7.87. The van der Waals surface area contributed by atoms with Crippen molar-refractivity contribution in [2.75, 3.05) is 13.2 Å². The number of carbonyl (C=O) groups is 7. The molecule has 0 aliphatic heterocycles. The quantitative estimate of drug-likeness (QED) is 0.162. The van der Waals surface area contributed by atoms with Gasteiger partial charge in [0.05, 0.1) is 0 Å². The van der Waals surface area contributed by atoms with Crippen LogP contribution in [0.4, 0.5) is 8.78 Å². The number of hydrogen-bond donors (Lipinski definition) is 1. The van der Waals surface area contributed by atoms with E-state index >= 15 is 0 Å². The second-order valence-electron chi connectivity index (χ2n) is 14.5. The van der Waals surface area contributed by atoms with Crippen molar-refractivity contribution in [1.82, 2.24) is 0 Å². The van der Waals surface area contributed by atoms with Crippen molar-refractivity contribution in [1.29, 1.82) is 0 Å². The predicted molar refractivity (Wildman–Crippen MR) is 152 cm³/mol. The van der Waals surface area contributed by atoms with Crippen molar-refractivity contribution >= 4 is 51.5 Å². The smallest absolute Gasteiger partial charge is 0.456 e. The molecule has 8 aliphatic rings. The second-order valence-corrected chi connectivity index (χ2v) is 16.0. The summed E-state index contributed by atoms with van der Waals surface area (Å²) >= 11 is 0. The molecule has 270 valence electrons. The minimum absolute atomic E-state index is 0.135. The third kappa shape index (κ3) is 7.07. The molecule has 0 aromatic heterocycles. The van der Waals surface area contributed by atoms with Gasteiger partial charge in [0.15, 0.2) is 19.3 Å². The van der Waals surface area contributed by atoms with Gasteiger partial charge in [0, 0.05) is 36.5 Å². The zero-order chi connectivity index (χ0) is 35.5. The van der Waals surface area contributed by atoms with Crippen LogP contribution in [-0.2, 0) is 67.4 Å². The van der Waals surface area contributed by atoms with E-state index in [4.69, 9.17) is 23.5 Å². The van der Waals surface area contributed by atoms with E-state index < -0.39 is 88.6 Å². The molecule has 0 amide bonds. The van der Waals surface area contributed by atoms with Crippen LogP contribution >= 0.6 is 0 Å². The summed E-state index contributed by atoms with van der Waals surface area (Å²) < 4.78 is 83.9. The minimum Gasteiger partial charge on any atom is -0.456 e. The van der Waals surface area contributed by atoms with Gasteiger partial charge in [-0.1, -0.05) is 0 Å². The Balaban J connectivity index is 1.01. The Morgan fingerprint density at radius 2 is 1.16 bits per heavy atom. The van der Waals surface area contributed by atoms with Crippen LogP contribution in [0, 0.1) is 35.5 Å². The minimum atomic E-state index is -6.32. The standard InChI is InChI=1S/C31H36F2O15S/c32-31(33,49(41,42)43)28(40)46-21(27(39)45-14-24(36)48-30-8-16-5-19(11-30)26(38)20(6-16)12-30)1-2-22(34)44-13-23(35)47-29-7-15-3-17(9-29)25(37)18(4-15)10-29/h15-21H,1-14H2,(H,41,42,43). The summed E-state index contributed by atoms with van der Waals surface area (Å²) in [6, 6.07) is 0. The number of carbonyl (C=O) groups excluding carboxylic acids is 7.